The Balaban J connectivity index is 0.0000103. The minimum absolute atomic E-state index is 0.0410. The first kappa shape index (κ1) is 60.9. The van der Waals surface area contributed by atoms with E-state index in [4.69, 9.17) is 0 Å². The summed E-state index contributed by atoms with van der Waals surface area (Å²) < 4.78 is 0. The number of hydrogen-bond donors (Lipinski definition) is 13. The number of nitrogens with zero attached hydrogens (tertiary/aromatic N) is 2. The number of carbonyl (C=O) groups is 6. The van der Waals surface area contributed by atoms with Gasteiger partial charge < -0.3 is 77.0 Å². The fourth-order valence-electron chi connectivity index (χ4n) is 7.29. The van der Waals surface area contributed by atoms with Gasteiger partial charge in [0.25, 0.3) is 23.6 Å². The van der Waals surface area contributed by atoms with Crippen LogP contribution < -0.4 is 31.1 Å². The van der Waals surface area contributed by atoms with Crippen molar-refractivity contribution in [3.05, 3.63) is 55.6 Å². The van der Waals surface area contributed by atoms with Gasteiger partial charge in [-0.1, -0.05) is 41.5 Å². The van der Waals surface area contributed by atoms with E-state index in [1.807, 2.05) is 27.7 Å². The Labute approximate surface area is 386 Å². The molecular formula is C45H74N6O15. The number of aliphatic hydroxyl groups excluding tert-OH is 9. The van der Waals surface area contributed by atoms with Crippen LogP contribution in [0.15, 0.2) is 0 Å². The molecule has 0 saturated carbocycles. The van der Waals surface area contributed by atoms with Crippen LogP contribution in [0.2, 0.25) is 0 Å². The summed E-state index contributed by atoms with van der Waals surface area (Å²) >= 11 is 0. The van der Waals surface area contributed by atoms with Gasteiger partial charge >= 0.3 is 0 Å². The zero-order valence-electron chi connectivity index (χ0n) is 39.9. The highest BCUT2D eigenvalue weighted by Crippen LogP contribution is 2.37. The highest BCUT2D eigenvalue weighted by atomic mass is 16.3. The molecule has 0 bridgehead atoms. The van der Waals surface area contributed by atoms with Crippen molar-refractivity contribution in [3.8, 4) is 0 Å². The van der Waals surface area contributed by atoms with Crippen LogP contribution in [-0.4, -0.2) is 179 Å². The molecule has 0 aromatic heterocycles. The van der Waals surface area contributed by atoms with Crippen LogP contribution >= 0.6 is 0 Å². The first-order valence-electron chi connectivity index (χ1n) is 22.1. The number of benzene rings is 2. The Hall–Kier alpha value is -5.10. The number of hydrogen-bond acceptors (Lipinski definition) is 15. The molecule has 374 valence electrons. The standard InChI is InChI=1S/C41H62N6O15.2C2H6/c1-7-30-34(40(61)44-11-27(56)17-50)21(3)32(38(59)42-9-25(54)15-48)23(5)36(30)46(19-52)13-29(58)14-47(20-53)37-24(6)33(39(60)43-10-26(55)16-49)22(4)35(31(37)8-2)41(62)45-12-28(57)18-51;2*1-2/h19-20,25-29,48-51,54-58H,7-18H2,1-6H3,(H,42,59)(H,43,60)(H,44,61)(H,45,62);2*1-2H3. The molecule has 0 radical (unpaired) electrons. The van der Waals surface area contributed by atoms with E-state index < -0.39 is 93.7 Å². The third-order valence-corrected chi connectivity index (χ3v) is 10.2. The average Bonchev–Trinajstić information content (AvgIpc) is 3.32. The van der Waals surface area contributed by atoms with Crippen LogP contribution in [0.4, 0.5) is 11.4 Å². The summed E-state index contributed by atoms with van der Waals surface area (Å²) in [6.45, 7) is 12.1. The monoisotopic (exact) mass is 939 g/mol. The Morgan fingerprint density at radius 3 is 0.909 bits per heavy atom. The van der Waals surface area contributed by atoms with Gasteiger partial charge in [-0.05, 0) is 73.9 Å². The highest BCUT2D eigenvalue weighted by Gasteiger charge is 2.32. The smallest absolute Gasteiger partial charge is 0.252 e. The normalized spacial score (nSPS) is 13.0. The molecule has 4 atom stereocenters. The molecule has 21 nitrogen and oxygen atoms in total. The number of rotatable bonds is 26. The molecule has 0 aliphatic carbocycles. The van der Waals surface area contributed by atoms with Crippen LogP contribution in [0.1, 0.15) is 116 Å². The topological polar surface area (TPSA) is 339 Å². The lowest BCUT2D eigenvalue weighted by Gasteiger charge is -2.32. The molecule has 0 spiro atoms. The molecule has 0 saturated heterocycles. The molecule has 0 heterocycles. The van der Waals surface area contributed by atoms with Crippen LogP contribution in [-0.2, 0) is 22.4 Å². The maximum Gasteiger partial charge on any atom is 0.252 e. The molecule has 2 aromatic carbocycles. The molecule has 0 aliphatic rings. The van der Waals surface area contributed by atoms with E-state index in [1.165, 1.54) is 27.7 Å². The summed E-state index contributed by atoms with van der Waals surface area (Å²) in [5.41, 5.74) is 0.992. The molecule has 0 fully saturated rings. The van der Waals surface area contributed by atoms with Crippen molar-refractivity contribution in [2.24, 2.45) is 0 Å². The van der Waals surface area contributed by atoms with Gasteiger partial charge in [-0.2, -0.15) is 0 Å². The highest BCUT2D eigenvalue weighted by molar-refractivity contribution is 6.08. The summed E-state index contributed by atoms with van der Waals surface area (Å²) in [7, 11) is 0. The zero-order valence-corrected chi connectivity index (χ0v) is 39.9. The Kier molecular flexibility index (Phi) is 28.6. The predicted octanol–water partition coefficient (Wildman–Crippen LogP) is -1.58. The third-order valence-electron chi connectivity index (χ3n) is 10.2. The summed E-state index contributed by atoms with van der Waals surface area (Å²) in [5.74, 6) is -3.10. The number of nitrogens with one attached hydrogen (secondary N) is 4. The molecule has 2 rings (SSSR count). The van der Waals surface area contributed by atoms with E-state index >= 15 is 0 Å². The van der Waals surface area contributed by atoms with Gasteiger partial charge in [0, 0.05) is 48.4 Å². The van der Waals surface area contributed by atoms with Crippen LogP contribution in [0.25, 0.3) is 0 Å². The predicted molar refractivity (Wildman–Crippen MR) is 248 cm³/mol. The van der Waals surface area contributed by atoms with Gasteiger partial charge in [0.15, 0.2) is 0 Å². The number of anilines is 2. The fraction of sp³-hybridized carbons (Fsp3) is 0.600. The van der Waals surface area contributed by atoms with E-state index in [2.05, 4.69) is 21.3 Å². The maximum atomic E-state index is 13.7. The summed E-state index contributed by atoms with van der Waals surface area (Å²) in [6, 6.07) is 0. The number of aliphatic hydroxyl groups is 9. The SMILES string of the molecule is CC.CC.CCc1c(C(=O)NCC(O)CO)c(C)c(C(=O)NCC(O)CO)c(C)c1N(C=O)CC(O)CN(C=O)c1c(C)c(C(=O)NCC(O)CO)c(C)c(C(=O)NCC(O)CO)c1CC. The first-order valence-corrected chi connectivity index (χ1v) is 22.1. The lowest BCUT2D eigenvalue weighted by Crippen LogP contribution is -2.42. The lowest BCUT2D eigenvalue weighted by molar-refractivity contribution is -0.108. The zero-order chi connectivity index (χ0) is 51.0. The van der Waals surface area contributed by atoms with Crippen molar-refractivity contribution in [2.45, 2.75) is 113 Å². The molecule has 21 heteroatoms. The fourth-order valence-corrected chi connectivity index (χ4v) is 7.29. The van der Waals surface area contributed by atoms with Crippen LogP contribution in [0.5, 0.6) is 0 Å². The Morgan fingerprint density at radius 2 is 0.697 bits per heavy atom. The Morgan fingerprint density at radius 1 is 0.455 bits per heavy atom. The van der Waals surface area contributed by atoms with Gasteiger partial charge in [-0.3, -0.25) is 28.8 Å². The van der Waals surface area contributed by atoms with Gasteiger partial charge in [-0.15, -0.1) is 0 Å². The maximum absolute atomic E-state index is 13.7. The van der Waals surface area contributed by atoms with Gasteiger partial charge in [0.2, 0.25) is 12.8 Å². The molecule has 2 aromatic rings. The minimum Gasteiger partial charge on any atom is -0.394 e. The van der Waals surface area contributed by atoms with Crippen LogP contribution in [0, 0.1) is 27.7 Å². The van der Waals surface area contributed by atoms with Gasteiger partial charge in [0.1, 0.15) is 0 Å². The first-order chi connectivity index (χ1) is 31.3. The largest absolute Gasteiger partial charge is 0.394 e. The second-order valence-corrected chi connectivity index (χ2v) is 14.7. The Bertz CT molecular complexity index is 1780. The second-order valence-electron chi connectivity index (χ2n) is 14.7. The molecular weight excluding hydrogens is 865 g/mol. The molecule has 6 amide bonds. The second kappa shape index (κ2) is 31.0. The molecule has 66 heavy (non-hydrogen) atoms. The molecule has 0 aliphatic heterocycles. The summed E-state index contributed by atoms with van der Waals surface area (Å²) in [6.07, 6.45) is -5.99. The van der Waals surface area contributed by atoms with Crippen molar-refractivity contribution in [1.82, 2.24) is 21.3 Å². The minimum atomic E-state index is -1.59. The average molecular weight is 939 g/mol. The van der Waals surface area contributed by atoms with Crippen LogP contribution in [0.3, 0.4) is 0 Å². The van der Waals surface area contributed by atoms with Crippen molar-refractivity contribution in [3.63, 3.8) is 0 Å². The lowest BCUT2D eigenvalue weighted by atomic mass is 9.87. The quantitative estimate of drug-likeness (QED) is 0.0474. The van der Waals surface area contributed by atoms with Crippen molar-refractivity contribution in [1.29, 1.82) is 0 Å². The van der Waals surface area contributed by atoms with E-state index in [9.17, 15) is 74.7 Å². The van der Waals surface area contributed by atoms with E-state index in [-0.39, 0.29) is 106 Å². The van der Waals surface area contributed by atoms with E-state index in [1.54, 1.807) is 13.8 Å². The third kappa shape index (κ3) is 16.1. The number of amides is 6. The molecule has 4 unspecified atom stereocenters. The molecule has 13 N–H and O–H groups in total. The van der Waals surface area contributed by atoms with E-state index in [0.717, 1.165) is 9.80 Å². The number of carbonyl (C=O) groups excluding carboxylic acids is 6. The summed E-state index contributed by atoms with van der Waals surface area (Å²) in [4.78, 5) is 82.8. The van der Waals surface area contributed by atoms with Gasteiger partial charge in [-0.25, -0.2) is 0 Å². The van der Waals surface area contributed by atoms with Gasteiger partial charge in [0.05, 0.1) is 81.4 Å². The summed E-state index contributed by atoms with van der Waals surface area (Å²) in [5, 5.41) is 98.6. The van der Waals surface area contributed by atoms with E-state index in [0.29, 0.717) is 12.8 Å². The van der Waals surface area contributed by atoms with Crippen molar-refractivity contribution >= 4 is 47.8 Å². The van der Waals surface area contributed by atoms with Crippen molar-refractivity contribution < 1.29 is 74.7 Å². The van der Waals surface area contributed by atoms with Crippen molar-refractivity contribution in [2.75, 3.05) is 75.5 Å².